The predicted octanol–water partition coefficient (Wildman–Crippen LogP) is 1.68. The van der Waals surface area contributed by atoms with E-state index >= 15 is 0 Å². The molecule has 1 saturated heterocycles. The Morgan fingerprint density at radius 3 is 2.79 bits per heavy atom. The van der Waals surface area contributed by atoms with Gasteiger partial charge in [0.1, 0.15) is 6.29 Å². The maximum absolute atomic E-state index is 12.2. The molecular weight excluding hydrogens is 242 g/mol. The summed E-state index contributed by atoms with van der Waals surface area (Å²) >= 11 is 0. The number of hydrogen-bond donors (Lipinski definition) is 0. The molecule has 0 bridgehead atoms. The lowest BCUT2D eigenvalue weighted by Gasteiger charge is -2.31. The van der Waals surface area contributed by atoms with Gasteiger partial charge >= 0.3 is 0 Å². The van der Waals surface area contributed by atoms with E-state index in [9.17, 15) is 9.59 Å². The molecule has 0 aliphatic carbocycles. The summed E-state index contributed by atoms with van der Waals surface area (Å²) in [4.78, 5) is 24.7. The van der Waals surface area contributed by atoms with Crippen LogP contribution in [-0.2, 0) is 16.0 Å². The van der Waals surface area contributed by atoms with Crippen LogP contribution in [0.1, 0.15) is 28.8 Å². The lowest BCUT2D eigenvalue weighted by Crippen LogP contribution is -2.41. The number of ether oxygens (including phenoxy) is 1. The smallest absolute Gasteiger partial charge is 0.226 e. The molecular formula is C15H19NO3. The van der Waals surface area contributed by atoms with Crippen LogP contribution in [0, 0.1) is 0 Å². The monoisotopic (exact) mass is 261 g/mol. The lowest BCUT2D eigenvalue weighted by molar-refractivity contribution is -0.132. The molecule has 0 saturated carbocycles. The first-order valence-electron chi connectivity index (χ1n) is 6.57. The molecule has 102 valence electrons. The summed E-state index contributed by atoms with van der Waals surface area (Å²) in [7, 11) is 1.72. The van der Waals surface area contributed by atoms with E-state index in [2.05, 4.69) is 0 Å². The maximum atomic E-state index is 12.2. The molecule has 0 radical (unpaired) electrons. The van der Waals surface area contributed by atoms with Crippen LogP contribution in [0.3, 0.4) is 0 Å². The van der Waals surface area contributed by atoms with Crippen molar-refractivity contribution in [2.45, 2.75) is 25.4 Å². The molecule has 4 nitrogen and oxygen atoms in total. The van der Waals surface area contributed by atoms with Gasteiger partial charge in [-0.25, -0.2) is 0 Å². The standard InChI is InChI=1S/C15H19NO3/c1-19-14-5-7-16(8-6-14)15(18)10-12-3-2-4-13(9-12)11-17/h2-4,9,11,14H,5-8,10H2,1H3. The highest BCUT2D eigenvalue weighted by Crippen LogP contribution is 2.14. The van der Waals surface area contributed by atoms with Crippen molar-refractivity contribution in [1.82, 2.24) is 4.90 Å². The minimum absolute atomic E-state index is 0.123. The molecule has 0 aromatic heterocycles. The number of hydrogen-bond acceptors (Lipinski definition) is 3. The van der Waals surface area contributed by atoms with Crippen molar-refractivity contribution < 1.29 is 14.3 Å². The van der Waals surface area contributed by atoms with Crippen LogP contribution in [0.2, 0.25) is 0 Å². The average molecular weight is 261 g/mol. The first kappa shape index (κ1) is 13.7. The van der Waals surface area contributed by atoms with Gasteiger partial charge in [0.05, 0.1) is 12.5 Å². The van der Waals surface area contributed by atoms with Gasteiger partial charge in [-0.2, -0.15) is 0 Å². The highest BCUT2D eigenvalue weighted by molar-refractivity contribution is 5.80. The summed E-state index contributed by atoms with van der Waals surface area (Å²) in [5.74, 6) is 0.123. The van der Waals surface area contributed by atoms with E-state index < -0.39 is 0 Å². The van der Waals surface area contributed by atoms with E-state index in [0.29, 0.717) is 12.0 Å². The minimum Gasteiger partial charge on any atom is -0.381 e. The van der Waals surface area contributed by atoms with Gasteiger partial charge in [-0.15, -0.1) is 0 Å². The molecule has 1 amide bonds. The molecule has 2 rings (SSSR count). The number of likely N-dealkylation sites (tertiary alicyclic amines) is 1. The first-order valence-corrected chi connectivity index (χ1v) is 6.57. The van der Waals surface area contributed by atoms with Gasteiger partial charge < -0.3 is 9.64 Å². The molecule has 1 heterocycles. The summed E-state index contributed by atoms with van der Waals surface area (Å²) in [6.07, 6.45) is 3.24. The number of amides is 1. The Kier molecular flexibility index (Phi) is 4.68. The Bertz CT molecular complexity index is 450. The third kappa shape index (κ3) is 3.64. The van der Waals surface area contributed by atoms with Crippen LogP contribution in [0.4, 0.5) is 0 Å². The van der Waals surface area contributed by atoms with Crippen LogP contribution in [-0.4, -0.2) is 43.4 Å². The van der Waals surface area contributed by atoms with Crippen molar-refractivity contribution in [3.05, 3.63) is 35.4 Å². The number of carbonyl (C=O) groups is 2. The summed E-state index contributed by atoms with van der Waals surface area (Å²) in [5.41, 5.74) is 1.51. The normalized spacial score (nSPS) is 16.4. The second-order valence-corrected chi connectivity index (χ2v) is 4.86. The third-order valence-corrected chi connectivity index (χ3v) is 3.57. The second-order valence-electron chi connectivity index (χ2n) is 4.86. The van der Waals surface area contributed by atoms with Crippen LogP contribution in [0.5, 0.6) is 0 Å². The van der Waals surface area contributed by atoms with Crippen molar-refractivity contribution in [1.29, 1.82) is 0 Å². The number of methoxy groups -OCH3 is 1. The quantitative estimate of drug-likeness (QED) is 0.775. The molecule has 1 fully saturated rings. The Balaban J connectivity index is 1.92. The number of piperidine rings is 1. The molecule has 0 spiro atoms. The molecule has 0 atom stereocenters. The highest BCUT2D eigenvalue weighted by Gasteiger charge is 2.22. The molecule has 0 unspecified atom stereocenters. The zero-order valence-corrected chi connectivity index (χ0v) is 11.2. The van der Waals surface area contributed by atoms with Crippen molar-refractivity contribution in [3.8, 4) is 0 Å². The number of aldehydes is 1. The van der Waals surface area contributed by atoms with E-state index in [1.165, 1.54) is 0 Å². The summed E-state index contributed by atoms with van der Waals surface area (Å²) in [6, 6.07) is 7.20. The van der Waals surface area contributed by atoms with E-state index in [1.54, 1.807) is 19.2 Å². The van der Waals surface area contributed by atoms with Gasteiger partial charge in [0, 0.05) is 25.8 Å². The van der Waals surface area contributed by atoms with Crippen molar-refractivity contribution in [2.24, 2.45) is 0 Å². The Labute approximate surface area is 113 Å². The van der Waals surface area contributed by atoms with Crippen LogP contribution < -0.4 is 0 Å². The first-order chi connectivity index (χ1) is 9.22. The topological polar surface area (TPSA) is 46.6 Å². The Morgan fingerprint density at radius 2 is 2.16 bits per heavy atom. The predicted molar refractivity (Wildman–Crippen MR) is 72.1 cm³/mol. The van der Waals surface area contributed by atoms with Gasteiger partial charge in [0.25, 0.3) is 0 Å². The third-order valence-electron chi connectivity index (χ3n) is 3.57. The molecule has 1 aliphatic heterocycles. The molecule has 4 heteroatoms. The second kappa shape index (κ2) is 6.48. The van der Waals surface area contributed by atoms with Crippen molar-refractivity contribution in [2.75, 3.05) is 20.2 Å². The zero-order valence-electron chi connectivity index (χ0n) is 11.2. The van der Waals surface area contributed by atoms with E-state index in [0.717, 1.165) is 37.8 Å². The van der Waals surface area contributed by atoms with Gasteiger partial charge in [-0.3, -0.25) is 9.59 Å². The highest BCUT2D eigenvalue weighted by atomic mass is 16.5. The largest absolute Gasteiger partial charge is 0.381 e. The average Bonchev–Trinajstić information content (AvgIpc) is 2.47. The summed E-state index contributed by atoms with van der Waals surface area (Å²) in [5, 5.41) is 0. The number of benzene rings is 1. The maximum Gasteiger partial charge on any atom is 0.226 e. The minimum atomic E-state index is 0.123. The lowest BCUT2D eigenvalue weighted by atomic mass is 10.0. The van der Waals surface area contributed by atoms with Crippen molar-refractivity contribution >= 4 is 12.2 Å². The van der Waals surface area contributed by atoms with E-state index in [1.807, 2.05) is 17.0 Å². The molecule has 1 aliphatic rings. The van der Waals surface area contributed by atoms with Gasteiger partial charge in [-0.1, -0.05) is 18.2 Å². The van der Waals surface area contributed by atoms with Crippen LogP contribution in [0.15, 0.2) is 24.3 Å². The van der Waals surface area contributed by atoms with Crippen molar-refractivity contribution in [3.63, 3.8) is 0 Å². The SMILES string of the molecule is COC1CCN(C(=O)Cc2cccc(C=O)c2)CC1. The molecule has 1 aromatic carbocycles. The fourth-order valence-electron chi connectivity index (χ4n) is 2.40. The number of rotatable bonds is 4. The van der Waals surface area contributed by atoms with E-state index in [-0.39, 0.29) is 12.0 Å². The molecule has 0 N–H and O–H groups in total. The van der Waals surface area contributed by atoms with Crippen LogP contribution >= 0.6 is 0 Å². The summed E-state index contributed by atoms with van der Waals surface area (Å²) < 4.78 is 5.29. The Morgan fingerprint density at radius 1 is 1.42 bits per heavy atom. The van der Waals surface area contributed by atoms with E-state index in [4.69, 9.17) is 4.74 Å². The fraction of sp³-hybridized carbons (Fsp3) is 0.467. The number of nitrogens with zero attached hydrogens (tertiary/aromatic N) is 1. The summed E-state index contributed by atoms with van der Waals surface area (Å²) in [6.45, 7) is 1.51. The molecule has 19 heavy (non-hydrogen) atoms. The van der Waals surface area contributed by atoms with Gasteiger partial charge in [-0.05, 0) is 24.5 Å². The number of carbonyl (C=O) groups excluding carboxylic acids is 2. The molecule has 1 aromatic rings. The Hall–Kier alpha value is -1.68. The van der Waals surface area contributed by atoms with Crippen LogP contribution in [0.25, 0.3) is 0 Å². The fourth-order valence-corrected chi connectivity index (χ4v) is 2.40. The zero-order chi connectivity index (χ0) is 13.7. The van der Waals surface area contributed by atoms with Gasteiger partial charge in [0.2, 0.25) is 5.91 Å². The van der Waals surface area contributed by atoms with Gasteiger partial charge in [0.15, 0.2) is 0 Å².